The van der Waals surface area contributed by atoms with Crippen molar-refractivity contribution in [2.75, 3.05) is 27.2 Å². The normalized spacial score (nSPS) is 40.2. The molecule has 2 aromatic rings. The lowest BCUT2D eigenvalue weighted by Crippen LogP contribution is -2.64. The summed E-state index contributed by atoms with van der Waals surface area (Å²) in [6.07, 6.45) is 13.1. The molecule has 1 spiro atoms. The van der Waals surface area contributed by atoms with E-state index < -0.39 is 6.10 Å². The number of ether oxygens (including phenoxy) is 1. The van der Waals surface area contributed by atoms with Gasteiger partial charge < -0.3 is 29.9 Å². The van der Waals surface area contributed by atoms with E-state index in [1.807, 2.05) is 18.2 Å². The first-order valence-electron chi connectivity index (χ1n) is 15.4. The van der Waals surface area contributed by atoms with Gasteiger partial charge in [0.25, 0.3) is 0 Å². The summed E-state index contributed by atoms with van der Waals surface area (Å²) in [5.74, 6) is 2.46. The van der Waals surface area contributed by atoms with Gasteiger partial charge in [-0.15, -0.1) is 0 Å². The number of aliphatic hydroxyl groups is 1. The van der Waals surface area contributed by atoms with Crippen LogP contribution in [-0.2, 0) is 23.7 Å². The van der Waals surface area contributed by atoms with Gasteiger partial charge in [0, 0.05) is 34.4 Å². The second-order valence-corrected chi connectivity index (χ2v) is 13.8. The van der Waals surface area contributed by atoms with E-state index in [2.05, 4.69) is 42.1 Å². The molecule has 0 radical (unpaired) electrons. The van der Waals surface area contributed by atoms with Crippen molar-refractivity contribution in [2.24, 2.45) is 11.8 Å². The third-order valence-electron chi connectivity index (χ3n) is 12.2. The molecule has 0 aromatic heterocycles. The Labute approximate surface area is 237 Å². The van der Waals surface area contributed by atoms with Crippen molar-refractivity contribution in [3.05, 3.63) is 64.7 Å². The van der Waals surface area contributed by atoms with Crippen LogP contribution in [0.5, 0.6) is 17.2 Å². The number of likely N-dealkylation sites (N-methyl/N-ethyl adjacent to an activating group) is 2. The molecule has 6 nitrogen and oxygen atoms in total. The third-order valence-corrected chi connectivity index (χ3v) is 12.2. The second-order valence-electron chi connectivity index (χ2n) is 13.8. The summed E-state index contributed by atoms with van der Waals surface area (Å²) in [7, 11) is 4.49. The standard InChI is InChI=1S/C17H19NO3.C17H23NO/c1-18-7-6-17-10-3-5-13(20)16(17)21-15-12(19)4-2-9(14(15)17)8-11(10)18;1-18-9-8-17-7-3-2-4-14(17)16(18)10-12-5-6-13(19)11-15(12)17/h2-5,10-11,13,16,19-20H,6-8H2,1H3;5-6,11,14,16,19H,2-4,7-10H2,1H3/t10-,11?,13?,16?,17-;14?,16?,17-/m01/s1. The van der Waals surface area contributed by atoms with Crippen molar-refractivity contribution in [2.45, 2.75) is 86.5 Å². The molecule has 3 heterocycles. The van der Waals surface area contributed by atoms with Crippen molar-refractivity contribution < 1.29 is 20.1 Å². The molecule has 2 aromatic carbocycles. The van der Waals surface area contributed by atoms with E-state index >= 15 is 0 Å². The Morgan fingerprint density at radius 2 is 1.65 bits per heavy atom. The average Bonchev–Trinajstić information content (AvgIpc) is 3.32. The Bertz CT molecular complexity index is 1390. The number of hydrogen-bond acceptors (Lipinski definition) is 6. The van der Waals surface area contributed by atoms with E-state index in [0.29, 0.717) is 28.9 Å². The highest BCUT2D eigenvalue weighted by atomic mass is 16.5. The lowest BCUT2D eigenvalue weighted by molar-refractivity contribution is -0.0453. The quantitative estimate of drug-likeness (QED) is 0.432. The van der Waals surface area contributed by atoms with Crippen molar-refractivity contribution in [3.8, 4) is 17.2 Å². The van der Waals surface area contributed by atoms with Gasteiger partial charge in [0.15, 0.2) is 11.5 Å². The van der Waals surface area contributed by atoms with E-state index in [-0.39, 0.29) is 17.3 Å². The first kappa shape index (κ1) is 25.2. The van der Waals surface area contributed by atoms with Crippen molar-refractivity contribution in [1.29, 1.82) is 0 Å². The molecule has 2 saturated heterocycles. The molecule has 4 bridgehead atoms. The number of phenolic OH excluding ortho intramolecular Hbond substituents is 2. The summed E-state index contributed by atoms with van der Waals surface area (Å²) in [4.78, 5) is 5.02. The van der Waals surface area contributed by atoms with E-state index in [1.165, 1.54) is 67.3 Å². The maximum Gasteiger partial charge on any atom is 0.165 e. The summed E-state index contributed by atoms with van der Waals surface area (Å²) in [6.45, 7) is 2.23. The van der Waals surface area contributed by atoms with Crippen LogP contribution in [0.3, 0.4) is 0 Å². The fraction of sp³-hybridized carbons (Fsp3) is 0.588. The molecule has 3 aliphatic heterocycles. The van der Waals surface area contributed by atoms with E-state index in [9.17, 15) is 15.3 Å². The van der Waals surface area contributed by atoms with Crippen LogP contribution in [0, 0.1) is 11.8 Å². The molecule has 212 valence electrons. The van der Waals surface area contributed by atoms with Gasteiger partial charge in [-0.25, -0.2) is 0 Å². The summed E-state index contributed by atoms with van der Waals surface area (Å²) in [5.41, 5.74) is 5.65. The predicted molar refractivity (Wildman–Crippen MR) is 154 cm³/mol. The minimum atomic E-state index is -0.594. The van der Waals surface area contributed by atoms with Gasteiger partial charge in [-0.3, -0.25) is 0 Å². The Kier molecular flexibility index (Phi) is 5.50. The number of aliphatic hydroxyl groups excluding tert-OH is 1. The molecule has 40 heavy (non-hydrogen) atoms. The average molecular weight is 543 g/mol. The lowest BCUT2D eigenvalue weighted by Gasteiger charge is -2.58. The minimum Gasteiger partial charge on any atom is -0.508 e. The van der Waals surface area contributed by atoms with Crippen molar-refractivity contribution >= 4 is 0 Å². The molecular weight excluding hydrogens is 500 g/mol. The summed E-state index contributed by atoms with van der Waals surface area (Å²) in [5, 5.41) is 30.6. The number of rotatable bonds is 0. The zero-order chi connectivity index (χ0) is 27.4. The molecule has 1 saturated carbocycles. The number of piperidine rings is 2. The first-order chi connectivity index (χ1) is 19.3. The predicted octanol–water partition coefficient (Wildman–Crippen LogP) is 4.28. The summed E-state index contributed by atoms with van der Waals surface area (Å²) >= 11 is 0. The lowest BCUT2D eigenvalue weighted by atomic mass is 9.52. The zero-order valence-corrected chi connectivity index (χ0v) is 23.7. The highest BCUT2D eigenvalue weighted by molar-refractivity contribution is 5.61. The van der Waals surface area contributed by atoms with Crippen LogP contribution in [0.25, 0.3) is 0 Å². The van der Waals surface area contributed by atoms with Crippen LogP contribution in [0.2, 0.25) is 0 Å². The van der Waals surface area contributed by atoms with Gasteiger partial charge >= 0.3 is 0 Å². The minimum absolute atomic E-state index is 0.160. The number of aromatic hydroxyl groups is 2. The summed E-state index contributed by atoms with van der Waals surface area (Å²) < 4.78 is 6.09. The molecule has 3 N–H and O–H groups in total. The van der Waals surface area contributed by atoms with Gasteiger partial charge in [-0.2, -0.15) is 0 Å². The molecule has 7 aliphatic rings. The molecule has 8 atom stereocenters. The topological polar surface area (TPSA) is 76.4 Å². The third kappa shape index (κ3) is 3.21. The maximum absolute atomic E-state index is 10.4. The van der Waals surface area contributed by atoms with E-state index in [4.69, 9.17) is 4.74 Å². The molecular formula is C34H42N2O4. The monoisotopic (exact) mass is 542 g/mol. The van der Waals surface area contributed by atoms with Gasteiger partial charge in [0.2, 0.25) is 0 Å². The molecule has 3 fully saturated rings. The molecule has 5 unspecified atom stereocenters. The fourth-order valence-corrected chi connectivity index (χ4v) is 10.4. The van der Waals surface area contributed by atoms with Gasteiger partial charge in [0.1, 0.15) is 18.0 Å². The number of hydrogen-bond donors (Lipinski definition) is 3. The largest absolute Gasteiger partial charge is 0.508 e. The van der Waals surface area contributed by atoms with Gasteiger partial charge in [-0.05, 0) is 107 Å². The number of phenols is 2. The zero-order valence-electron chi connectivity index (χ0n) is 23.7. The SMILES string of the molecule is CN1CC[C@]23CCCCC2C1Cc1ccc(O)cc13.CN1CC[C@]23c4c5ccc(O)c4OC2C(O)C=C[C@H]3C1C5. The van der Waals surface area contributed by atoms with Crippen molar-refractivity contribution in [1.82, 2.24) is 9.80 Å². The molecule has 6 heteroatoms. The highest BCUT2D eigenvalue weighted by Gasteiger charge is 2.64. The van der Waals surface area contributed by atoms with Crippen molar-refractivity contribution in [3.63, 3.8) is 0 Å². The van der Waals surface area contributed by atoms with Crippen LogP contribution in [0.15, 0.2) is 42.5 Å². The van der Waals surface area contributed by atoms with Gasteiger partial charge in [-0.1, -0.05) is 37.1 Å². The van der Waals surface area contributed by atoms with Crippen LogP contribution >= 0.6 is 0 Å². The van der Waals surface area contributed by atoms with Crippen LogP contribution < -0.4 is 4.74 Å². The molecule has 0 amide bonds. The van der Waals surface area contributed by atoms with E-state index in [1.54, 1.807) is 6.07 Å². The number of fused-ring (bicyclic) bond motifs is 1. The molecule has 4 aliphatic carbocycles. The fourth-order valence-electron chi connectivity index (χ4n) is 10.4. The smallest absolute Gasteiger partial charge is 0.165 e. The number of benzene rings is 2. The Morgan fingerprint density at radius 3 is 2.52 bits per heavy atom. The van der Waals surface area contributed by atoms with Crippen LogP contribution in [0.1, 0.15) is 60.8 Å². The highest BCUT2D eigenvalue weighted by Crippen LogP contribution is 2.62. The van der Waals surface area contributed by atoms with Gasteiger partial charge in [0.05, 0.1) is 0 Å². The van der Waals surface area contributed by atoms with E-state index in [0.717, 1.165) is 31.3 Å². The Morgan fingerprint density at radius 1 is 0.875 bits per heavy atom. The Hall–Kier alpha value is -2.54. The number of nitrogens with zero attached hydrogens (tertiary/aromatic N) is 2. The summed E-state index contributed by atoms with van der Waals surface area (Å²) in [6, 6.07) is 11.1. The van der Waals surface area contributed by atoms with Crippen LogP contribution in [0.4, 0.5) is 0 Å². The first-order valence-corrected chi connectivity index (χ1v) is 15.4. The Balaban J connectivity index is 0.000000123. The molecule has 9 rings (SSSR count). The maximum atomic E-state index is 10.4. The second kappa shape index (κ2) is 8.73. The number of likely N-dealkylation sites (tertiary alicyclic amines) is 2. The van der Waals surface area contributed by atoms with Crippen LogP contribution in [-0.4, -0.2) is 76.6 Å².